The van der Waals surface area contributed by atoms with Gasteiger partial charge in [0.05, 0.1) is 6.04 Å². The molecule has 1 heterocycles. The molecule has 0 bridgehead atoms. The molecule has 0 aromatic heterocycles. The molecule has 1 atom stereocenters. The Kier molecular flexibility index (Phi) is 4.92. The number of benzene rings is 1. The van der Waals surface area contributed by atoms with E-state index >= 15 is 0 Å². The number of nitrogens with zero attached hydrogens (tertiary/aromatic N) is 1. The molecule has 104 valence electrons. The molecule has 1 N–H and O–H groups in total. The van der Waals surface area contributed by atoms with E-state index in [1.165, 1.54) is 12.0 Å². The molecule has 0 spiro atoms. The zero-order valence-corrected chi connectivity index (χ0v) is 13.1. The Bertz CT molecular complexity index is 452. The zero-order valence-electron chi connectivity index (χ0n) is 12.3. The minimum Gasteiger partial charge on any atom is -0.335 e. The van der Waals surface area contributed by atoms with Crippen molar-refractivity contribution in [2.45, 2.75) is 46.1 Å². The molecule has 2 nitrogen and oxygen atoms in total. The van der Waals surface area contributed by atoms with Crippen LogP contribution in [-0.4, -0.2) is 17.0 Å². The molecular weight excluding hydrogens is 252 g/mol. The van der Waals surface area contributed by atoms with Crippen molar-refractivity contribution in [3.8, 4) is 0 Å². The van der Waals surface area contributed by atoms with Gasteiger partial charge in [-0.05, 0) is 36.0 Å². The normalized spacial score (nSPS) is 19.1. The van der Waals surface area contributed by atoms with Crippen molar-refractivity contribution in [3.63, 3.8) is 0 Å². The van der Waals surface area contributed by atoms with Crippen molar-refractivity contribution in [1.29, 1.82) is 0 Å². The van der Waals surface area contributed by atoms with E-state index in [9.17, 15) is 0 Å². The third kappa shape index (κ3) is 4.27. The Morgan fingerprint density at radius 3 is 2.79 bits per heavy atom. The number of anilines is 1. The summed E-state index contributed by atoms with van der Waals surface area (Å²) in [5.41, 5.74) is 2.52. The summed E-state index contributed by atoms with van der Waals surface area (Å²) in [6.45, 7) is 8.97. The van der Waals surface area contributed by atoms with E-state index in [-0.39, 0.29) is 0 Å². The maximum Gasteiger partial charge on any atom is 0.161 e. The van der Waals surface area contributed by atoms with Crippen molar-refractivity contribution < 1.29 is 0 Å². The molecule has 19 heavy (non-hydrogen) atoms. The van der Waals surface area contributed by atoms with E-state index < -0.39 is 0 Å². The van der Waals surface area contributed by atoms with Crippen molar-refractivity contribution in [2.24, 2.45) is 10.9 Å². The quantitative estimate of drug-likeness (QED) is 0.859. The van der Waals surface area contributed by atoms with Gasteiger partial charge in [0, 0.05) is 11.4 Å². The van der Waals surface area contributed by atoms with Gasteiger partial charge in [-0.3, -0.25) is 4.99 Å². The molecule has 1 unspecified atom stereocenters. The topological polar surface area (TPSA) is 24.4 Å². The summed E-state index contributed by atoms with van der Waals surface area (Å²) in [6, 6.07) is 9.12. The second kappa shape index (κ2) is 6.47. The lowest BCUT2D eigenvalue weighted by Gasteiger charge is -2.09. The summed E-state index contributed by atoms with van der Waals surface area (Å²) in [5.74, 6) is 2.40. The molecule has 0 saturated carbocycles. The van der Waals surface area contributed by atoms with Crippen LogP contribution in [0.2, 0.25) is 0 Å². The number of amidine groups is 1. The molecule has 2 rings (SSSR count). The van der Waals surface area contributed by atoms with Gasteiger partial charge in [-0.15, -0.1) is 0 Å². The van der Waals surface area contributed by atoms with E-state index in [4.69, 9.17) is 4.99 Å². The molecule has 0 amide bonds. The highest BCUT2D eigenvalue weighted by molar-refractivity contribution is 8.14. The molecule has 0 saturated heterocycles. The lowest BCUT2D eigenvalue weighted by molar-refractivity contribution is 0.529. The minimum atomic E-state index is 0.487. The van der Waals surface area contributed by atoms with Crippen LogP contribution in [0.15, 0.2) is 29.3 Å². The number of aliphatic imine (C=N–C) groups is 1. The summed E-state index contributed by atoms with van der Waals surface area (Å²) in [5, 5.41) is 4.53. The second-order valence-electron chi connectivity index (χ2n) is 5.93. The van der Waals surface area contributed by atoms with Gasteiger partial charge < -0.3 is 5.32 Å². The Morgan fingerprint density at radius 2 is 2.11 bits per heavy atom. The van der Waals surface area contributed by atoms with Gasteiger partial charge in [0.15, 0.2) is 5.17 Å². The first-order valence-corrected chi connectivity index (χ1v) is 8.10. The monoisotopic (exact) mass is 276 g/mol. The Morgan fingerprint density at radius 1 is 1.32 bits per heavy atom. The standard InChI is InChI=1S/C16H24N2S/c1-11(2)8-15-10-19-16(18-15)17-14-7-5-6-13(9-14)12(3)4/h5-7,9,11-12,15H,8,10H2,1-4H3,(H,17,18). The highest BCUT2D eigenvalue weighted by atomic mass is 32.2. The van der Waals surface area contributed by atoms with Crippen molar-refractivity contribution in [2.75, 3.05) is 11.1 Å². The van der Waals surface area contributed by atoms with Crippen LogP contribution in [-0.2, 0) is 0 Å². The maximum atomic E-state index is 4.77. The highest BCUT2D eigenvalue weighted by Gasteiger charge is 2.19. The van der Waals surface area contributed by atoms with E-state index in [2.05, 4.69) is 57.3 Å². The van der Waals surface area contributed by atoms with Crippen LogP contribution in [0.4, 0.5) is 5.69 Å². The van der Waals surface area contributed by atoms with Gasteiger partial charge >= 0.3 is 0 Å². The summed E-state index contributed by atoms with van der Waals surface area (Å²) in [7, 11) is 0. The van der Waals surface area contributed by atoms with Gasteiger partial charge in [-0.25, -0.2) is 0 Å². The largest absolute Gasteiger partial charge is 0.335 e. The first kappa shape index (κ1) is 14.4. The van der Waals surface area contributed by atoms with E-state index in [1.807, 2.05) is 11.8 Å². The maximum absolute atomic E-state index is 4.77. The fourth-order valence-corrected chi connectivity index (χ4v) is 3.22. The zero-order chi connectivity index (χ0) is 13.8. The van der Waals surface area contributed by atoms with Crippen molar-refractivity contribution >= 4 is 22.6 Å². The van der Waals surface area contributed by atoms with Gasteiger partial charge in [0.2, 0.25) is 0 Å². The average Bonchev–Trinajstić information content (AvgIpc) is 2.76. The van der Waals surface area contributed by atoms with E-state index in [0.717, 1.165) is 22.5 Å². The number of rotatable bonds is 4. The van der Waals surface area contributed by atoms with Crippen LogP contribution in [0.1, 0.15) is 45.6 Å². The summed E-state index contributed by atoms with van der Waals surface area (Å²) < 4.78 is 0. The first-order chi connectivity index (χ1) is 9.04. The molecule has 3 heteroatoms. The van der Waals surface area contributed by atoms with E-state index in [1.54, 1.807) is 0 Å². The van der Waals surface area contributed by atoms with Crippen LogP contribution in [0.3, 0.4) is 0 Å². The summed E-state index contributed by atoms with van der Waals surface area (Å²) >= 11 is 1.84. The fourth-order valence-electron chi connectivity index (χ4n) is 2.25. The third-order valence-electron chi connectivity index (χ3n) is 3.26. The first-order valence-electron chi connectivity index (χ1n) is 7.12. The van der Waals surface area contributed by atoms with E-state index in [0.29, 0.717) is 12.0 Å². The van der Waals surface area contributed by atoms with Crippen LogP contribution >= 0.6 is 11.8 Å². The summed E-state index contributed by atoms with van der Waals surface area (Å²) in [4.78, 5) is 4.77. The Labute approximate surface area is 121 Å². The van der Waals surface area contributed by atoms with Gasteiger partial charge in [-0.2, -0.15) is 0 Å². The van der Waals surface area contributed by atoms with Crippen molar-refractivity contribution in [1.82, 2.24) is 0 Å². The van der Waals surface area contributed by atoms with Gasteiger partial charge in [0.1, 0.15) is 0 Å². The van der Waals surface area contributed by atoms with Crippen LogP contribution in [0, 0.1) is 5.92 Å². The number of thioether (sulfide) groups is 1. The van der Waals surface area contributed by atoms with Crippen LogP contribution < -0.4 is 5.32 Å². The molecule has 0 radical (unpaired) electrons. The number of hydrogen-bond donors (Lipinski definition) is 1. The van der Waals surface area contributed by atoms with Gasteiger partial charge in [-0.1, -0.05) is 51.6 Å². The lowest BCUT2D eigenvalue weighted by Crippen LogP contribution is -2.08. The summed E-state index contributed by atoms with van der Waals surface area (Å²) in [6.07, 6.45) is 1.18. The van der Waals surface area contributed by atoms with Crippen LogP contribution in [0.5, 0.6) is 0 Å². The highest BCUT2D eigenvalue weighted by Crippen LogP contribution is 2.25. The predicted octanol–water partition coefficient (Wildman–Crippen LogP) is 4.74. The molecule has 1 aromatic rings. The molecule has 0 aliphatic carbocycles. The Hall–Kier alpha value is -0.960. The molecule has 0 fully saturated rings. The number of nitrogens with one attached hydrogen (secondary N) is 1. The second-order valence-corrected chi connectivity index (χ2v) is 6.94. The smallest absolute Gasteiger partial charge is 0.161 e. The lowest BCUT2D eigenvalue weighted by atomic mass is 10.0. The molecule has 1 aliphatic rings. The SMILES string of the molecule is CC(C)CC1CSC(Nc2cccc(C(C)C)c2)=N1. The fraction of sp³-hybridized carbons (Fsp3) is 0.562. The number of hydrogen-bond acceptors (Lipinski definition) is 3. The Balaban J connectivity index is 2.00. The van der Waals surface area contributed by atoms with Crippen LogP contribution in [0.25, 0.3) is 0 Å². The average molecular weight is 276 g/mol. The molecular formula is C16H24N2S. The minimum absolute atomic E-state index is 0.487. The molecule has 1 aromatic carbocycles. The molecule has 1 aliphatic heterocycles. The van der Waals surface area contributed by atoms with Crippen molar-refractivity contribution in [3.05, 3.63) is 29.8 Å². The third-order valence-corrected chi connectivity index (χ3v) is 4.29. The predicted molar refractivity (Wildman–Crippen MR) is 87.3 cm³/mol. The van der Waals surface area contributed by atoms with Gasteiger partial charge in [0.25, 0.3) is 0 Å².